The van der Waals surface area contributed by atoms with Gasteiger partial charge in [-0.25, -0.2) is 0 Å². The summed E-state index contributed by atoms with van der Waals surface area (Å²) in [4.78, 5) is 29.1. The second-order valence-corrected chi connectivity index (χ2v) is 7.09. The number of carbonyl (C=O) groups excluding carboxylic acids is 1. The molecule has 1 saturated heterocycles. The molecular formula is C19H26N2O4. The van der Waals surface area contributed by atoms with E-state index in [4.69, 9.17) is 4.74 Å². The Morgan fingerprint density at radius 3 is 2.56 bits per heavy atom. The highest BCUT2D eigenvalue weighted by Gasteiger charge is 2.44. The summed E-state index contributed by atoms with van der Waals surface area (Å²) in [6.45, 7) is 8.39. The maximum absolute atomic E-state index is 13.1. The third-order valence-electron chi connectivity index (χ3n) is 5.20. The number of carbonyl (C=O) groups is 2. The van der Waals surface area contributed by atoms with E-state index in [0.717, 1.165) is 19.6 Å². The second kappa shape index (κ2) is 7.54. The van der Waals surface area contributed by atoms with Crippen LogP contribution in [-0.4, -0.2) is 72.2 Å². The first-order valence-electron chi connectivity index (χ1n) is 8.93. The quantitative estimate of drug-likeness (QED) is 0.878. The van der Waals surface area contributed by atoms with Gasteiger partial charge in [0.2, 0.25) is 0 Å². The topological polar surface area (TPSA) is 70.1 Å². The molecule has 6 heteroatoms. The fourth-order valence-electron chi connectivity index (χ4n) is 3.97. The van der Waals surface area contributed by atoms with E-state index in [1.54, 1.807) is 23.1 Å². The third-order valence-corrected chi connectivity index (χ3v) is 5.20. The van der Waals surface area contributed by atoms with Gasteiger partial charge in [0, 0.05) is 31.7 Å². The first kappa shape index (κ1) is 17.9. The van der Waals surface area contributed by atoms with E-state index in [1.165, 1.54) is 0 Å². The minimum atomic E-state index is -0.866. The molecular weight excluding hydrogens is 320 g/mol. The van der Waals surface area contributed by atoms with Crippen molar-refractivity contribution < 1.29 is 19.4 Å². The van der Waals surface area contributed by atoms with Crippen molar-refractivity contribution in [1.82, 2.24) is 9.80 Å². The first-order valence-corrected chi connectivity index (χ1v) is 8.93. The smallest absolute Gasteiger partial charge is 0.313 e. The lowest BCUT2D eigenvalue weighted by atomic mass is 9.78. The highest BCUT2D eigenvalue weighted by atomic mass is 16.5. The molecule has 0 spiro atoms. The van der Waals surface area contributed by atoms with Crippen molar-refractivity contribution in [3.05, 3.63) is 35.4 Å². The van der Waals surface area contributed by atoms with E-state index in [-0.39, 0.29) is 17.9 Å². The molecule has 1 aromatic carbocycles. The van der Waals surface area contributed by atoms with Crippen molar-refractivity contribution in [2.24, 2.45) is 5.92 Å². The average molecular weight is 346 g/mol. The Bertz CT molecular complexity index is 640. The Morgan fingerprint density at radius 1 is 1.24 bits per heavy atom. The minimum Gasteiger partial charge on any atom is -0.481 e. The molecule has 0 saturated carbocycles. The summed E-state index contributed by atoms with van der Waals surface area (Å²) in [6.07, 6.45) is 0. The van der Waals surface area contributed by atoms with Crippen LogP contribution in [0.4, 0.5) is 0 Å². The number of rotatable bonds is 5. The van der Waals surface area contributed by atoms with Crippen LogP contribution in [0.5, 0.6) is 0 Å². The number of ether oxygens (including phenoxy) is 1. The van der Waals surface area contributed by atoms with Crippen molar-refractivity contribution in [3.8, 4) is 0 Å². The Hall–Kier alpha value is -1.92. The molecule has 0 aliphatic carbocycles. The molecule has 2 aliphatic heterocycles. The fraction of sp³-hybridized carbons (Fsp3) is 0.579. The summed E-state index contributed by atoms with van der Waals surface area (Å²) in [6, 6.07) is 6.79. The van der Waals surface area contributed by atoms with E-state index in [9.17, 15) is 14.7 Å². The van der Waals surface area contributed by atoms with E-state index in [1.807, 2.05) is 19.9 Å². The molecule has 3 rings (SSSR count). The molecule has 0 radical (unpaired) electrons. The number of hydrogen-bond acceptors (Lipinski definition) is 4. The number of carboxylic acid groups (broad SMARTS) is 1. The number of aliphatic carboxylic acids is 1. The summed E-state index contributed by atoms with van der Waals surface area (Å²) in [5.41, 5.74) is 1.16. The van der Waals surface area contributed by atoms with Gasteiger partial charge in [0.15, 0.2) is 0 Å². The Balaban J connectivity index is 1.89. The number of amides is 1. The molecule has 136 valence electrons. The molecule has 1 fully saturated rings. The molecule has 1 amide bonds. The third kappa shape index (κ3) is 3.55. The zero-order valence-electron chi connectivity index (χ0n) is 14.9. The van der Waals surface area contributed by atoms with Crippen LogP contribution in [0.15, 0.2) is 24.3 Å². The summed E-state index contributed by atoms with van der Waals surface area (Å²) in [5.74, 6) is -1.54. The van der Waals surface area contributed by atoms with Gasteiger partial charge in [-0.1, -0.05) is 32.0 Å². The van der Waals surface area contributed by atoms with E-state index >= 15 is 0 Å². The van der Waals surface area contributed by atoms with Crippen LogP contribution in [0.25, 0.3) is 0 Å². The van der Waals surface area contributed by atoms with Crippen molar-refractivity contribution >= 4 is 11.9 Å². The summed E-state index contributed by atoms with van der Waals surface area (Å²) in [5, 5.41) is 9.86. The number of morpholine rings is 1. The predicted octanol–water partition coefficient (Wildman–Crippen LogP) is 1.67. The Morgan fingerprint density at radius 2 is 1.92 bits per heavy atom. The second-order valence-electron chi connectivity index (χ2n) is 7.09. The molecule has 25 heavy (non-hydrogen) atoms. The molecule has 1 N–H and O–H groups in total. The molecule has 0 bridgehead atoms. The number of hydrogen-bond donors (Lipinski definition) is 1. The molecule has 1 aromatic rings. The molecule has 2 aliphatic rings. The predicted molar refractivity (Wildman–Crippen MR) is 93.7 cm³/mol. The summed E-state index contributed by atoms with van der Waals surface area (Å²) < 4.78 is 5.37. The van der Waals surface area contributed by atoms with Gasteiger partial charge < -0.3 is 14.7 Å². The molecule has 2 heterocycles. The van der Waals surface area contributed by atoms with Crippen LogP contribution in [0, 0.1) is 5.92 Å². The van der Waals surface area contributed by atoms with Crippen LogP contribution >= 0.6 is 0 Å². The lowest BCUT2D eigenvalue weighted by Gasteiger charge is -2.43. The maximum atomic E-state index is 13.1. The van der Waals surface area contributed by atoms with Gasteiger partial charge in [0.05, 0.1) is 19.3 Å². The van der Waals surface area contributed by atoms with Crippen molar-refractivity contribution in [3.63, 3.8) is 0 Å². The van der Waals surface area contributed by atoms with Gasteiger partial charge in [0.1, 0.15) is 5.92 Å². The highest BCUT2D eigenvalue weighted by molar-refractivity contribution is 6.00. The van der Waals surface area contributed by atoms with Gasteiger partial charge in [0.25, 0.3) is 5.91 Å². The standard InChI is InChI=1S/C19H26N2O4/c1-13(2)17-16(19(23)24)14-5-3-4-6-15(14)18(22)21(17)8-7-20-9-11-25-12-10-20/h3-6,13,16-17H,7-12H2,1-2H3,(H,23,24). The van der Waals surface area contributed by atoms with E-state index in [2.05, 4.69) is 4.90 Å². The van der Waals surface area contributed by atoms with Gasteiger partial charge in [-0.2, -0.15) is 0 Å². The van der Waals surface area contributed by atoms with Gasteiger partial charge >= 0.3 is 5.97 Å². The fourth-order valence-corrected chi connectivity index (χ4v) is 3.97. The van der Waals surface area contributed by atoms with Crippen molar-refractivity contribution in [2.45, 2.75) is 25.8 Å². The van der Waals surface area contributed by atoms with Crippen LogP contribution in [-0.2, 0) is 9.53 Å². The molecule has 6 nitrogen and oxygen atoms in total. The number of fused-ring (bicyclic) bond motifs is 1. The SMILES string of the molecule is CC(C)C1C(C(=O)O)c2ccccc2C(=O)N1CCN1CCOCC1. The molecule has 0 aromatic heterocycles. The van der Waals surface area contributed by atoms with Gasteiger partial charge in [-0.05, 0) is 17.5 Å². The van der Waals surface area contributed by atoms with Crippen molar-refractivity contribution in [1.29, 1.82) is 0 Å². The minimum absolute atomic E-state index is 0.0555. The average Bonchev–Trinajstić information content (AvgIpc) is 2.61. The van der Waals surface area contributed by atoms with Gasteiger partial charge in [-0.15, -0.1) is 0 Å². The molecule has 2 atom stereocenters. The van der Waals surface area contributed by atoms with Gasteiger partial charge in [-0.3, -0.25) is 14.5 Å². The monoisotopic (exact) mass is 346 g/mol. The number of benzene rings is 1. The lowest BCUT2D eigenvalue weighted by Crippen LogP contribution is -2.55. The number of nitrogens with zero attached hydrogens (tertiary/aromatic N) is 2. The largest absolute Gasteiger partial charge is 0.481 e. The van der Waals surface area contributed by atoms with Crippen LogP contribution in [0.3, 0.4) is 0 Å². The maximum Gasteiger partial charge on any atom is 0.313 e. The van der Waals surface area contributed by atoms with E-state index in [0.29, 0.717) is 30.9 Å². The zero-order valence-corrected chi connectivity index (χ0v) is 14.9. The Kier molecular flexibility index (Phi) is 5.39. The van der Waals surface area contributed by atoms with Crippen LogP contribution in [0.1, 0.15) is 35.7 Å². The molecule has 2 unspecified atom stereocenters. The summed E-state index contributed by atoms with van der Waals surface area (Å²) in [7, 11) is 0. The Labute approximate surface area is 148 Å². The zero-order chi connectivity index (χ0) is 18.0. The summed E-state index contributed by atoms with van der Waals surface area (Å²) >= 11 is 0. The van der Waals surface area contributed by atoms with E-state index < -0.39 is 11.9 Å². The number of carboxylic acids is 1. The van der Waals surface area contributed by atoms with Crippen molar-refractivity contribution in [2.75, 3.05) is 39.4 Å². The highest BCUT2D eigenvalue weighted by Crippen LogP contribution is 2.37. The normalized spacial score (nSPS) is 24.4. The lowest BCUT2D eigenvalue weighted by molar-refractivity contribution is -0.141. The van der Waals surface area contributed by atoms with Crippen LogP contribution in [0.2, 0.25) is 0 Å². The first-order chi connectivity index (χ1) is 12.0. The van der Waals surface area contributed by atoms with Crippen LogP contribution < -0.4 is 0 Å².